The molecule has 23 heavy (non-hydrogen) atoms. The van der Waals surface area contributed by atoms with Crippen LogP contribution in [0.4, 0.5) is 0 Å². The molecule has 5 heteroatoms. The maximum absolute atomic E-state index is 12.1. The fourth-order valence-electron chi connectivity index (χ4n) is 2.26. The van der Waals surface area contributed by atoms with Gasteiger partial charge in [0.15, 0.2) is 0 Å². The van der Waals surface area contributed by atoms with Crippen LogP contribution in [-0.4, -0.2) is 28.1 Å². The lowest BCUT2D eigenvalue weighted by Crippen LogP contribution is -2.32. The summed E-state index contributed by atoms with van der Waals surface area (Å²) in [6.07, 6.45) is 2.07. The third-order valence-electron chi connectivity index (χ3n) is 3.59. The lowest BCUT2D eigenvalue weighted by molar-refractivity contribution is 0.574. The smallest absolute Gasteiger partial charge is 0.240 e. The molecule has 2 aromatic rings. The van der Waals surface area contributed by atoms with E-state index < -0.39 is 10.0 Å². The van der Waals surface area contributed by atoms with Crippen molar-refractivity contribution in [2.75, 3.05) is 19.6 Å². The quantitative estimate of drug-likeness (QED) is 0.694. The van der Waals surface area contributed by atoms with Crippen LogP contribution in [-0.2, 0) is 16.4 Å². The van der Waals surface area contributed by atoms with Gasteiger partial charge in [-0.1, -0.05) is 48.0 Å². The first-order valence-electron chi connectivity index (χ1n) is 7.89. The molecule has 0 amide bonds. The highest BCUT2D eigenvalue weighted by molar-refractivity contribution is 7.89. The zero-order valence-corrected chi connectivity index (χ0v) is 14.3. The molecular weight excluding hydrogens is 308 g/mol. The highest BCUT2D eigenvalue weighted by Crippen LogP contribution is 2.09. The zero-order valence-electron chi connectivity index (χ0n) is 13.5. The molecule has 2 N–H and O–H groups in total. The van der Waals surface area contributed by atoms with Gasteiger partial charge in [-0.25, -0.2) is 13.1 Å². The van der Waals surface area contributed by atoms with Crippen molar-refractivity contribution in [3.05, 3.63) is 65.7 Å². The van der Waals surface area contributed by atoms with Crippen molar-refractivity contribution < 1.29 is 8.42 Å². The number of sulfonamides is 1. The summed E-state index contributed by atoms with van der Waals surface area (Å²) in [5, 5.41) is 3.26. The van der Waals surface area contributed by atoms with Crippen LogP contribution < -0.4 is 10.0 Å². The van der Waals surface area contributed by atoms with E-state index in [2.05, 4.69) is 22.2 Å². The Morgan fingerprint density at radius 1 is 0.870 bits per heavy atom. The molecule has 124 valence electrons. The summed E-state index contributed by atoms with van der Waals surface area (Å²) in [6.45, 7) is 3.83. The normalized spacial score (nSPS) is 11.5. The Labute approximate surface area is 139 Å². The van der Waals surface area contributed by atoms with Crippen molar-refractivity contribution in [3.63, 3.8) is 0 Å². The topological polar surface area (TPSA) is 58.2 Å². The van der Waals surface area contributed by atoms with Crippen LogP contribution in [0.25, 0.3) is 0 Å². The molecule has 2 aromatic carbocycles. The first-order valence-corrected chi connectivity index (χ1v) is 9.37. The van der Waals surface area contributed by atoms with Crippen molar-refractivity contribution in [1.82, 2.24) is 10.0 Å². The number of aryl methyl sites for hydroxylation is 2. The van der Waals surface area contributed by atoms with E-state index in [1.165, 1.54) is 5.56 Å². The van der Waals surface area contributed by atoms with E-state index in [0.717, 1.165) is 24.9 Å². The Morgan fingerprint density at radius 3 is 2.26 bits per heavy atom. The van der Waals surface area contributed by atoms with Gasteiger partial charge in [0.1, 0.15) is 0 Å². The fraction of sp³-hybridized carbons (Fsp3) is 0.333. The Kier molecular flexibility index (Phi) is 6.77. The van der Waals surface area contributed by atoms with Crippen molar-refractivity contribution >= 4 is 10.0 Å². The molecule has 0 saturated heterocycles. The van der Waals surface area contributed by atoms with Crippen LogP contribution in [0.1, 0.15) is 17.5 Å². The zero-order chi connectivity index (χ0) is 16.5. The maximum Gasteiger partial charge on any atom is 0.240 e. The summed E-state index contributed by atoms with van der Waals surface area (Å²) >= 11 is 0. The lowest BCUT2D eigenvalue weighted by atomic mass is 10.1. The minimum atomic E-state index is -3.40. The van der Waals surface area contributed by atoms with E-state index in [4.69, 9.17) is 0 Å². The van der Waals surface area contributed by atoms with Crippen LogP contribution in [0.15, 0.2) is 59.5 Å². The van der Waals surface area contributed by atoms with Gasteiger partial charge in [-0.3, -0.25) is 0 Å². The van der Waals surface area contributed by atoms with E-state index in [-0.39, 0.29) is 0 Å². The molecule has 0 unspecified atom stereocenters. The monoisotopic (exact) mass is 332 g/mol. The molecule has 0 atom stereocenters. The lowest BCUT2D eigenvalue weighted by Gasteiger charge is -2.08. The fourth-order valence-corrected chi connectivity index (χ4v) is 3.29. The van der Waals surface area contributed by atoms with E-state index >= 15 is 0 Å². The molecule has 2 rings (SSSR count). The summed E-state index contributed by atoms with van der Waals surface area (Å²) in [5.74, 6) is 0. The van der Waals surface area contributed by atoms with Crippen LogP contribution in [0, 0.1) is 6.92 Å². The third-order valence-corrected chi connectivity index (χ3v) is 5.06. The Bertz CT molecular complexity index is 683. The third kappa shape index (κ3) is 6.14. The minimum absolute atomic E-state index is 0.312. The van der Waals surface area contributed by atoms with Gasteiger partial charge in [0, 0.05) is 13.1 Å². The summed E-state index contributed by atoms with van der Waals surface area (Å²) in [6, 6.07) is 17.2. The molecule has 0 aliphatic rings. The van der Waals surface area contributed by atoms with Crippen molar-refractivity contribution in [1.29, 1.82) is 0 Å². The summed E-state index contributed by atoms with van der Waals surface area (Å²) in [7, 11) is -3.40. The summed E-state index contributed by atoms with van der Waals surface area (Å²) < 4.78 is 26.8. The van der Waals surface area contributed by atoms with Crippen LogP contribution in [0.3, 0.4) is 0 Å². The average Bonchev–Trinajstić information content (AvgIpc) is 2.55. The molecule has 0 aliphatic carbocycles. The molecule has 0 fully saturated rings. The second kappa shape index (κ2) is 8.82. The van der Waals surface area contributed by atoms with Gasteiger partial charge in [-0.15, -0.1) is 0 Å². The molecule has 0 spiro atoms. The highest BCUT2D eigenvalue weighted by atomic mass is 32.2. The standard InChI is InChI=1S/C18H24N2O2S/c1-16-9-11-18(12-10-16)23(21,22)20-15-14-19-13-5-8-17-6-3-2-4-7-17/h2-4,6-7,9-12,19-20H,5,8,13-15H2,1H3. The van der Waals surface area contributed by atoms with Crippen LogP contribution in [0.5, 0.6) is 0 Å². The van der Waals surface area contributed by atoms with Gasteiger partial charge in [0.05, 0.1) is 4.90 Å². The minimum Gasteiger partial charge on any atom is -0.315 e. The molecule has 0 radical (unpaired) electrons. The average molecular weight is 332 g/mol. The molecule has 0 heterocycles. The van der Waals surface area contributed by atoms with Gasteiger partial charge in [0.2, 0.25) is 10.0 Å². The van der Waals surface area contributed by atoms with Crippen LogP contribution in [0.2, 0.25) is 0 Å². The second-order valence-electron chi connectivity index (χ2n) is 5.55. The Balaban J connectivity index is 1.62. The number of nitrogens with one attached hydrogen (secondary N) is 2. The van der Waals surface area contributed by atoms with Crippen molar-refractivity contribution in [3.8, 4) is 0 Å². The van der Waals surface area contributed by atoms with Crippen LogP contribution >= 0.6 is 0 Å². The summed E-state index contributed by atoms with van der Waals surface area (Å²) in [5.41, 5.74) is 2.37. The molecule has 4 nitrogen and oxygen atoms in total. The van der Waals surface area contributed by atoms with Gasteiger partial charge in [-0.2, -0.15) is 0 Å². The largest absolute Gasteiger partial charge is 0.315 e. The van der Waals surface area contributed by atoms with Gasteiger partial charge >= 0.3 is 0 Å². The predicted octanol–water partition coefficient (Wildman–Crippen LogP) is 2.50. The van der Waals surface area contributed by atoms with Gasteiger partial charge < -0.3 is 5.32 Å². The Morgan fingerprint density at radius 2 is 1.57 bits per heavy atom. The summed E-state index contributed by atoms with van der Waals surface area (Å²) in [4.78, 5) is 0.312. The van der Waals surface area contributed by atoms with Crippen molar-refractivity contribution in [2.45, 2.75) is 24.7 Å². The molecular formula is C18H24N2O2S. The predicted molar refractivity (Wildman–Crippen MR) is 94.0 cm³/mol. The molecule has 0 bridgehead atoms. The van der Waals surface area contributed by atoms with Gasteiger partial charge in [0.25, 0.3) is 0 Å². The number of hydrogen-bond acceptors (Lipinski definition) is 3. The Hall–Kier alpha value is -1.69. The number of rotatable bonds is 9. The van der Waals surface area contributed by atoms with E-state index in [9.17, 15) is 8.42 Å². The molecule has 0 aromatic heterocycles. The maximum atomic E-state index is 12.1. The SMILES string of the molecule is Cc1ccc(S(=O)(=O)NCCNCCCc2ccccc2)cc1. The number of benzene rings is 2. The van der Waals surface area contributed by atoms with E-state index in [0.29, 0.717) is 18.0 Å². The molecule has 0 saturated carbocycles. The van der Waals surface area contributed by atoms with Gasteiger partial charge in [-0.05, 0) is 44.0 Å². The van der Waals surface area contributed by atoms with E-state index in [1.54, 1.807) is 24.3 Å². The molecule has 0 aliphatic heterocycles. The number of hydrogen-bond donors (Lipinski definition) is 2. The van der Waals surface area contributed by atoms with Crippen molar-refractivity contribution in [2.24, 2.45) is 0 Å². The first-order chi connectivity index (χ1) is 11.1. The van der Waals surface area contributed by atoms with E-state index in [1.807, 2.05) is 25.1 Å². The highest BCUT2D eigenvalue weighted by Gasteiger charge is 2.12. The first kappa shape index (κ1) is 17.7. The second-order valence-corrected chi connectivity index (χ2v) is 7.32.